The Morgan fingerprint density at radius 2 is 1.55 bits per heavy atom. The Morgan fingerprint density at radius 3 is 2.23 bits per heavy atom. The van der Waals surface area contributed by atoms with Crippen LogP contribution < -0.4 is 14.2 Å². The van der Waals surface area contributed by atoms with E-state index in [2.05, 4.69) is 4.57 Å². The first kappa shape index (κ1) is 27.4. The minimum absolute atomic E-state index is 0.136. The number of hydrogen-bond acceptors (Lipinski definition) is 6. The molecule has 0 N–H and O–H groups in total. The molecule has 0 atom stereocenters. The smallest absolute Gasteiger partial charge is 0.293 e. The molecule has 9 heteroatoms. The van der Waals surface area contributed by atoms with Gasteiger partial charge in [-0.3, -0.25) is 14.5 Å². The average molecular weight is 575 g/mol. The molecule has 204 valence electrons. The maximum Gasteiger partial charge on any atom is 0.293 e. The molecule has 3 aromatic carbocycles. The number of halogens is 1. The Balaban J connectivity index is 1.27. The van der Waals surface area contributed by atoms with Crippen LogP contribution >= 0.6 is 23.4 Å². The third kappa shape index (κ3) is 5.88. The van der Waals surface area contributed by atoms with Gasteiger partial charge >= 0.3 is 0 Å². The molecule has 1 aromatic heterocycles. The number of rotatable bonds is 9. The molecule has 1 saturated heterocycles. The Morgan fingerprint density at radius 1 is 0.900 bits per heavy atom. The highest BCUT2D eigenvalue weighted by molar-refractivity contribution is 8.18. The molecule has 2 amide bonds. The van der Waals surface area contributed by atoms with E-state index in [1.54, 1.807) is 31.4 Å². The zero-order chi connectivity index (χ0) is 28.2. The topological polar surface area (TPSA) is 70.0 Å². The second-order valence-corrected chi connectivity index (χ2v) is 10.4. The fourth-order valence-corrected chi connectivity index (χ4v) is 5.46. The molecule has 0 spiro atoms. The lowest BCUT2D eigenvalue weighted by Crippen LogP contribution is -2.32. The van der Waals surface area contributed by atoms with Gasteiger partial charge < -0.3 is 18.8 Å². The van der Waals surface area contributed by atoms with Crippen molar-refractivity contribution in [2.45, 2.75) is 13.8 Å². The summed E-state index contributed by atoms with van der Waals surface area (Å²) in [7, 11) is 1.63. The molecule has 40 heavy (non-hydrogen) atoms. The summed E-state index contributed by atoms with van der Waals surface area (Å²) in [5, 5.41) is 0.159. The van der Waals surface area contributed by atoms with Gasteiger partial charge in [0.15, 0.2) is 0 Å². The van der Waals surface area contributed by atoms with Crippen LogP contribution in [0.1, 0.15) is 17.0 Å². The van der Waals surface area contributed by atoms with Crippen LogP contribution in [0.2, 0.25) is 5.02 Å². The quantitative estimate of drug-likeness (QED) is 0.191. The molecule has 2 heterocycles. The molecule has 0 bridgehead atoms. The average Bonchev–Trinajstić information content (AvgIpc) is 3.39. The van der Waals surface area contributed by atoms with Crippen molar-refractivity contribution in [2.75, 3.05) is 20.3 Å². The number of hydrogen-bond donors (Lipinski definition) is 0. The molecular weight excluding hydrogens is 548 g/mol. The standard InChI is InChI=1S/C31H27ClN2O5S/c1-20-18-22(19-29-30(35)33(31(36)40-29)16-17-38-28-7-5-4-6-27(28)32)21(2)34(20)23-8-10-25(11-9-23)39-26-14-12-24(37-3)13-15-26/h4-15,18-19H,16-17H2,1-3H3/b29-19-. The third-order valence-electron chi connectivity index (χ3n) is 6.43. The van der Waals surface area contributed by atoms with E-state index in [-0.39, 0.29) is 24.3 Å². The van der Waals surface area contributed by atoms with E-state index >= 15 is 0 Å². The van der Waals surface area contributed by atoms with E-state index in [1.807, 2.05) is 74.5 Å². The van der Waals surface area contributed by atoms with Crippen molar-refractivity contribution < 1.29 is 23.8 Å². The summed E-state index contributed by atoms with van der Waals surface area (Å²) < 4.78 is 18.9. The molecule has 0 radical (unpaired) electrons. The molecule has 7 nitrogen and oxygen atoms in total. The molecule has 5 rings (SSSR count). The van der Waals surface area contributed by atoms with Gasteiger partial charge in [0.05, 0.1) is 23.6 Å². The van der Waals surface area contributed by atoms with Crippen LogP contribution in [0.4, 0.5) is 4.79 Å². The van der Waals surface area contributed by atoms with Gasteiger partial charge in [0.1, 0.15) is 29.6 Å². The van der Waals surface area contributed by atoms with Gasteiger partial charge in [0, 0.05) is 17.1 Å². The van der Waals surface area contributed by atoms with Gasteiger partial charge in [-0.2, -0.15) is 0 Å². The molecule has 0 saturated carbocycles. The lowest BCUT2D eigenvalue weighted by atomic mass is 10.2. The number of imide groups is 1. The number of benzene rings is 3. The second-order valence-electron chi connectivity index (χ2n) is 9.05. The van der Waals surface area contributed by atoms with Crippen molar-refractivity contribution in [3.8, 4) is 28.7 Å². The van der Waals surface area contributed by atoms with Crippen LogP contribution in [0, 0.1) is 13.8 Å². The van der Waals surface area contributed by atoms with Crippen molar-refractivity contribution in [3.05, 3.63) is 106 Å². The minimum atomic E-state index is -0.331. The summed E-state index contributed by atoms with van der Waals surface area (Å²) in [5.74, 6) is 2.38. The SMILES string of the molecule is COc1ccc(Oc2ccc(-n3c(C)cc(/C=C4\SC(=O)N(CCOc5ccccc5Cl)C4=O)c3C)cc2)cc1. The highest BCUT2D eigenvalue weighted by Gasteiger charge is 2.35. The van der Waals surface area contributed by atoms with E-state index in [1.165, 1.54) is 4.90 Å². The lowest BCUT2D eigenvalue weighted by Gasteiger charge is -2.13. The van der Waals surface area contributed by atoms with Crippen LogP contribution in [0.25, 0.3) is 11.8 Å². The third-order valence-corrected chi connectivity index (χ3v) is 7.65. The highest BCUT2D eigenvalue weighted by atomic mass is 35.5. The first-order valence-corrected chi connectivity index (χ1v) is 13.8. The summed E-state index contributed by atoms with van der Waals surface area (Å²) in [6.07, 6.45) is 1.78. The molecule has 1 fully saturated rings. The second kappa shape index (κ2) is 11.9. The van der Waals surface area contributed by atoms with Gasteiger partial charge in [-0.15, -0.1) is 0 Å². The number of para-hydroxylation sites is 1. The highest BCUT2D eigenvalue weighted by Crippen LogP contribution is 2.34. The summed E-state index contributed by atoms with van der Waals surface area (Å²) in [6, 6.07) is 24.3. The summed E-state index contributed by atoms with van der Waals surface area (Å²) >= 11 is 7.05. The van der Waals surface area contributed by atoms with Gasteiger partial charge in [-0.05, 0) is 104 Å². The maximum atomic E-state index is 13.0. The summed E-state index contributed by atoms with van der Waals surface area (Å²) in [5.41, 5.74) is 3.78. The van der Waals surface area contributed by atoms with Crippen molar-refractivity contribution in [3.63, 3.8) is 0 Å². The molecule has 0 aliphatic carbocycles. The lowest BCUT2D eigenvalue weighted by molar-refractivity contribution is -0.123. The van der Waals surface area contributed by atoms with E-state index in [0.717, 1.165) is 40.2 Å². The van der Waals surface area contributed by atoms with E-state index in [0.29, 0.717) is 27.2 Å². The monoisotopic (exact) mass is 574 g/mol. The number of carbonyl (C=O) groups excluding carboxylic acids is 2. The van der Waals surface area contributed by atoms with Crippen LogP contribution in [0.15, 0.2) is 83.8 Å². The molecule has 1 aliphatic rings. The minimum Gasteiger partial charge on any atom is -0.497 e. The summed E-state index contributed by atoms with van der Waals surface area (Å²) in [4.78, 5) is 27.2. The van der Waals surface area contributed by atoms with Gasteiger partial charge in [0.2, 0.25) is 0 Å². The number of thioether (sulfide) groups is 1. The van der Waals surface area contributed by atoms with Crippen molar-refractivity contribution in [1.29, 1.82) is 0 Å². The largest absolute Gasteiger partial charge is 0.497 e. The first-order chi connectivity index (χ1) is 19.3. The van der Waals surface area contributed by atoms with Crippen molar-refractivity contribution >= 4 is 40.6 Å². The van der Waals surface area contributed by atoms with E-state index in [9.17, 15) is 9.59 Å². The Hall–Kier alpha value is -4.14. The number of aromatic nitrogens is 1. The fraction of sp³-hybridized carbons (Fsp3) is 0.161. The Labute approximate surface area is 241 Å². The van der Waals surface area contributed by atoms with Crippen LogP contribution in [0.5, 0.6) is 23.0 Å². The molecule has 4 aromatic rings. The normalized spacial score (nSPS) is 14.2. The molecular formula is C31H27ClN2O5S. The van der Waals surface area contributed by atoms with Crippen LogP contribution in [-0.4, -0.2) is 40.9 Å². The van der Waals surface area contributed by atoms with Gasteiger partial charge in [0.25, 0.3) is 11.1 Å². The molecule has 0 unspecified atom stereocenters. The first-order valence-electron chi connectivity index (χ1n) is 12.6. The zero-order valence-electron chi connectivity index (χ0n) is 22.2. The fourth-order valence-electron chi connectivity index (χ4n) is 4.42. The van der Waals surface area contributed by atoms with Gasteiger partial charge in [-0.1, -0.05) is 23.7 Å². The molecule has 1 aliphatic heterocycles. The summed E-state index contributed by atoms with van der Waals surface area (Å²) in [6.45, 7) is 4.28. The van der Waals surface area contributed by atoms with Crippen molar-refractivity contribution in [1.82, 2.24) is 9.47 Å². The Kier molecular flexibility index (Phi) is 8.19. The van der Waals surface area contributed by atoms with Crippen LogP contribution in [0.3, 0.4) is 0 Å². The number of aryl methyl sites for hydroxylation is 1. The number of amides is 2. The Bertz CT molecular complexity index is 1580. The number of ether oxygens (including phenoxy) is 3. The maximum absolute atomic E-state index is 13.0. The predicted molar refractivity (Wildman–Crippen MR) is 158 cm³/mol. The van der Waals surface area contributed by atoms with Gasteiger partial charge in [-0.25, -0.2) is 0 Å². The predicted octanol–water partition coefficient (Wildman–Crippen LogP) is 7.66. The van der Waals surface area contributed by atoms with E-state index < -0.39 is 0 Å². The van der Waals surface area contributed by atoms with Crippen LogP contribution in [-0.2, 0) is 4.79 Å². The van der Waals surface area contributed by atoms with E-state index in [4.69, 9.17) is 25.8 Å². The van der Waals surface area contributed by atoms with Crippen molar-refractivity contribution in [2.24, 2.45) is 0 Å². The zero-order valence-corrected chi connectivity index (χ0v) is 23.8. The number of nitrogens with zero attached hydrogens (tertiary/aromatic N) is 2. The number of carbonyl (C=O) groups is 2. The number of methoxy groups -OCH3 is 1.